The molecule has 1 heterocycles. The second kappa shape index (κ2) is 10.3. The Morgan fingerprint density at radius 1 is 1.07 bits per heavy atom. The van der Waals surface area contributed by atoms with Crippen molar-refractivity contribution < 1.29 is 22.7 Å². The van der Waals surface area contributed by atoms with Crippen molar-refractivity contribution in [1.29, 1.82) is 0 Å². The molecule has 0 fully saturated rings. The molecule has 1 aromatic heterocycles. The summed E-state index contributed by atoms with van der Waals surface area (Å²) in [6, 6.07) is 9.36. The van der Waals surface area contributed by atoms with E-state index >= 15 is 0 Å². The predicted molar refractivity (Wildman–Crippen MR) is 106 cm³/mol. The lowest BCUT2D eigenvalue weighted by atomic mass is 10.2. The molecule has 2 rings (SSSR count). The van der Waals surface area contributed by atoms with Gasteiger partial charge in [-0.15, -0.1) is 0 Å². The van der Waals surface area contributed by atoms with E-state index < -0.39 is 10.0 Å². The third-order valence-corrected chi connectivity index (χ3v) is 5.91. The molecule has 0 bridgehead atoms. The van der Waals surface area contributed by atoms with Crippen LogP contribution in [0.1, 0.15) is 15.9 Å². The SMILES string of the molecule is COCCN(CCOC)S(=O)(=O)c1ccc(C(=O)Nc2cc(C)ccn2)cc1. The monoisotopic (exact) mass is 407 g/mol. The summed E-state index contributed by atoms with van der Waals surface area (Å²) in [4.78, 5) is 16.5. The van der Waals surface area contributed by atoms with Crippen molar-refractivity contribution >= 4 is 21.7 Å². The van der Waals surface area contributed by atoms with E-state index in [1.807, 2.05) is 13.0 Å². The summed E-state index contributed by atoms with van der Waals surface area (Å²) in [6.07, 6.45) is 1.61. The van der Waals surface area contributed by atoms with Crippen molar-refractivity contribution in [3.63, 3.8) is 0 Å². The molecule has 8 nitrogen and oxygen atoms in total. The maximum atomic E-state index is 12.9. The van der Waals surface area contributed by atoms with Crippen LogP contribution in [0.3, 0.4) is 0 Å². The zero-order chi connectivity index (χ0) is 20.6. The first kappa shape index (κ1) is 22.0. The summed E-state index contributed by atoms with van der Waals surface area (Å²) >= 11 is 0. The third-order valence-electron chi connectivity index (χ3n) is 4.00. The minimum absolute atomic E-state index is 0.102. The Bertz CT molecular complexity index is 877. The van der Waals surface area contributed by atoms with E-state index in [2.05, 4.69) is 10.3 Å². The van der Waals surface area contributed by atoms with E-state index in [1.54, 1.807) is 12.3 Å². The van der Waals surface area contributed by atoms with Gasteiger partial charge in [-0.25, -0.2) is 13.4 Å². The van der Waals surface area contributed by atoms with E-state index in [0.717, 1.165) is 5.56 Å². The quantitative estimate of drug-likeness (QED) is 0.646. The highest BCUT2D eigenvalue weighted by molar-refractivity contribution is 7.89. The number of carbonyl (C=O) groups excluding carboxylic acids is 1. The highest BCUT2D eigenvalue weighted by atomic mass is 32.2. The first-order valence-corrected chi connectivity index (χ1v) is 10.1. The highest BCUT2D eigenvalue weighted by Crippen LogP contribution is 2.17. The van der Waals surface area contributed by atoms with Crippen molar-refractivity contribution in [2.24, 2.45) is 0 Å². The van der Waals surface area contributed by atoms with Gasteiger partial charge in [0, 0.05) is 39.1 Å². The summed E-state index contributed by atoms with van der Waals surface area (Å²) in [5, 5.41) is 2.69. The second-order valence-corrected chi connectivity index (χ2v) is 8.02. The number of benzene rings is 1. The summed E-state index contributed by atoms with van der Waals surface area (Å²) in [7, 11) is -0.700. The number of aromatic nitrogens is 1. The minimum Gasteiger partial charge on any atom is -0.383 e. The first-order chi connectivity index (χ1) is 13.4. The average molecular weight is 407 g/mol. The van der Waals surface area contributed by atoms with Gasteiger partial charge in [0.15, 0.2) is 0 Å². The Morgan fingerprint density at radius 2 is 1.68 bits per heavy atom. The molecule has 0 atom stereocenters. The number of anilines is 1. The molecule has 0 saturated carbocycles. The number of carbonyl (C=O) groups is 1. The van der Waals surface area contributed by atoms with Gasteiger partial charge in [0.25, 0.3) is 5.91 Å². The first-order valence-electron chi connectivity index (χ1n) is 8.70. The number of amides is 1. The number of nitrogens with one attached hydrogen (secondary N) is 1. The number of nitrogens with zero attached hydrogens (tertiary/aromatic N) is 2. The predicted octanol–water partition coefficient (Wildman–Crippen LogP) is 1.93. The zero-order valence-corrected chi connectivity index (χ0v) is 17.0. The van der Waals surface area contributed by atoms with E-state index in [4.69, 9.17) is 9.47 Å². The maximum absolute atomic E-state index is 12.9. The fourth-order valence-corrected chi connectivity index (χ4v) is 3.87. The molecule has 152 valence electrons. The summed E-state index contributed by atoms with van der Waals surface area (Å²) in [6.45, 7) is 2.86. The molecule has 1 aromatic carbocycles. The number of rotatable bonds is 10. The van der Waals surface area contributed by atoms with E-state index in [0.29, 0.717) is 11.4 Å². The number of pyridine rings is 1. The zero-order valence-electron chi connectivity index (χ0n) is 16.2. The molecule has 0 aliphatic carbocycles. The van der Waals surface area contributed by atoms with Gasteiger partial charge in [-0.3, -0.25) is 4.79 Å². The molecule has 0 aliphatic rings. The number of ether oxygens (including phenoxy) is 2. The number of aryl methyl sites for hydroxylation is 1. The molecule has 0 aliphatic heterocycles. The van der Waals surface area contributed by atoms with E-state index in [1.165, 1.54) is 42.8 Å². The molecule has 0 radical (unpaired) electrons. The number of hydrogen-bond donors (Lipinski definition) is 1. The van der Waals surface area contributed by atoms with Gasteiger partial charge < -0.3 is 14.8 Å². The Hall–Kier alpha value is -2.33. The van der Waals surface area contributed by atoms with Crippen molar-refractivity contribution in [3.05, 3.63) is 53.7 Å². The van der Waals surface area contributed by atoms with Crippen molar-refractivity contribution in [2.75, 3.05) is 45.8 Å². The Balaban J connectivity index is 2.15. The highest BCUT2D eigenvalue weighted by Gasteiger charge is 2.24. The lowest BCUT2D eigenvalue weighted by Gasteiger charge is -2.21. The van der Waals surface area contributed by atoms with Gasteiger partial charge in [0.05, 0.1) is 18.1 Å². The van der Waals surface area contributed by atoms with Crippen LogP contribution in [0, 0.1) is 6.92 Å². The van der Waals surface area contributed by atoms with Crippen LogP contribution in [0.25, 0.3) is 0 Å². The Kier molecular flexibility index (Phi) is 8.06. The molecule has 1 N–H and O–H groups in total. The Labute approximate surface area is 165 Å². The van der Waals surface area contributed by atoms with E-state index in [9.17, 15) is 13.2 Å². The lowest BCUT2D eigenvalue weighted by Crippen LogP contribution is -2.36. The standard InChI is InChI=1S/C19H25N3O5S/c1-15-8-9-20-18(14-15)21-19(23)16-4-6-17(7-5-16)28(24,25)22(10-12-26-2)11-13-27-3/h4-9,14H,10-13H2,1-3H3,(H,20,21,23). The third kappa shape index (κ3) is 5.83. The van der Waals surface area contributed by atoms with Crippen LogP contribution in [0.4, 0.5) is 5.82 Å². The van der Waals surface area contributed by atoms with Crippen LogP contribution in [0.15, 0.2) is 47.5 Å². The summed E-state index contributed by atoms with van der Waals surface area (Å²) < 4.78 is 37.0. The largest absolute Gasteiger partial charge is 0.383 e. The summed E-state index contributed by atoms with van der Waals surface area (Å²) in [5.74, 6) is 0.0738. The van der Waals surface area contributed by atoms with Crippen molar-refractivity contribution in [3.8, 4) is 0 Å². The molecule has 9 heteroatoms. The normalized spacial score (nSPS) is 11.6. The van der Waals surface area contributed by atoms with Gasteiger partial charge >= 0.3 is 0 Å². The second-order valence-electron chi connectivity index (χ2n) is 6.09. The molecule has 2 aromatic rings. The topological polar surface area (TPSA) is 97.8 Å². The molecular formula is C19H25N3O5S. The van der Waals surface area contributed by atoms with Crippen LogP contribution in [-0.4, -0.2) is 64.1 Å². The van der Waals surface area contributed by atoms with Crippen LogP contribution in [-0.2, 0) is 19.5 Å². The maximum Gasteiger partial charge on any atom is 0.256 e. The fourth-order valence-electron chi connectivity index (χ4n) is 2.46. The smallest absolute Gasteiger partial charge is 0.256 e. The van der Waals surface area contributed by atoms with Crippen molar-refractivity contribution in [2.45, 2.75) is 11.8 Å². The molecule has 0 spiro atoms. The number of methoxy groups -OCH3 is 2. The molecule has 0 saturated heterocycles. The summed E-state index contributed by atoms with van der Waals surface area (Å²) in [5.41, 5.74) is 1.31. The van der Waals surface area contributed by atoms with Gasteiger partial charge in [0.1, 0.15) is 5.82 Å². The minimum atomic E-state index is -3.72. The van der Waals surface area contributed by atoms with Crippen LogP contribution in [0.2, 0.25) is 0 Å². The van der Waals surface area contributed by atoms with E-state index in [-0.39, 0.29) is 37.1 Å². The van der Waals surface area contributed by atoms with Crippen LogP contribution >= 0.6 is 0 Å². The van der Waals surface area contributed by atoms with Gasteiger partial charge in [-0.05, 0) is 48.9 Å². The molecule has 1 amide bonds. The van der Waals surface area contributed by atoms with Crippen LogP contribution in [0.5, 0.6) is 0 Å². The lowest BCUT2D eigenvalue weighted by molar-refractivity contribution is 0.102. The fraction of sp³-hybridized carbons (Fsp3) is 0.368. The Morgan fingerprint density at radius 3 is 2.21 bits per heavy atom. The van der Waals surface area contributed by atoms with Gasteiger partial charge in [-0.2, -0.15) is 4.31 Å². The molecule has 28 heavy (non-hydrogen) atoms. The van der Waals surface area contributed by atoms with Crippen molar-refractivity contribution in [1.82, 2.24) is 9.29 Å². The molecular weight excluding hydrogens is 382 g/mol. The van der Waals surface area contributed by atoms with Crippen LogP contribution < -0.4 is 5.32 Å². The molecule has 0 unspecified atom stereocenters. The van der Waals surface area contributed by atoms with Gasteiger partial charge in [-0.1, -0.05) is 0 Å². The number of sulfonamides is 1. The average Bonchev–Trinajstić information content (AvgIpc) is 2.68. The number of hydrogen-bond acceptors (Lipinski definition) is 6. The van der Waals surface area contributed by atoms with Gasteiger partial charge in [0.2, 0.25) is 10.0 Å².